The molecular formula is C30H29F2N5O8. The van der Waals surface area contributed by atoms with Crippen molar-refractivity contribution in [2.75, 3.05) is 48.0 Å². The quantitative estimate of drug-likeness (QED) is 0.404. The first-order chi connectivity index (χ1) is 21.4. The SMILES string of the molecule is CC(=O)NC[C@H]1CN(c2ccc(N(C)C3CCN(c4c(F)cc5c(=O)c(C(=O)O)cn6c5c4OCC6C)C3=O)c(F)c2)C(=O)O1. The van der Waals surface area contributed by atoms with Crippen LogP contribution in [-0.2, 0) is 14.3 Å². The number of ether oxygens (including phenoxy) is 2. The van der Waals surface area contributed by atoms with Gasteiger partial charge in [-0.1, -0.05) is 0 Å². The van der Waals surface area contributed by atoms with E-state index in [9.17, 15) is 29.1 Å². The molecule has 1 aromatic heterocycles. The van der Waals surface area contributed by atoms with Crippen molar-refractivity contribution in [3.63, 3.8) is 0 Å². The summed E-state index contributed by atoms with van der Waals surface area (Å²) >= 11 is 0. The summed E-state index contributed by atoms with van der Waals surface area (Å²) in [7, 11) is 1.53. The van der Waals surface area contributed by atoms with Crippen molar-refractivity contribution >= 4 is 51.8 Å². The number of halogens is 2. The normalized spacial score (nSPS) is 20.8. The maximum Gasteiger partial charge on any atom is 0.414 e. The molecule has 3 amide bonds. The van der Waals surface area contributed by atoms with Crippen molar-refractivity contribution in [1.82, 2.24) is 9.88 Å². The molecule has 13 nitrogen and oxygen atoms in total. The Balaban J connectivity index is 1.27. The number of hydrogen-bond acceptors (Lipinski definition) is 8. The van der Waals surface area contributed by atoms with Gasteiger partial charge in [-0.15, -0.1) is 0 Å². The van der Waals surface area contributed by atoms with E-state index in [0.29, 0.717) is 0 Å². The monoisotopic (exact) mass is 625 g/mol. The van der Waals surface area contributed by atoms with Crippen LogP contribution in [0.5, 0.6) is 5.75 Å². The van der Waals surface area contributed by atoms with Crippen LogP contribution in [0.25, 0.3) is 10.9 Å². The number of carboxylic acids is 1. The van der Waals surface area contributed by atoms with Gasteiger partial charge in [0.25, 0.3) is 0 Å². The zero-order valence-corrected chi connectivity index (χ0v) is 24.5. The van der Waals surface area contributed by atoms with Gasteiger partial charge in [0.15, 0.2) is 11.6 Å². The third kappa shape index (κ3) is 4.97. The maximum absolute atomic E-state index is 15.7. The minimum atomic E-state index is -1.44. The smallest absolute Gasteiger partial charge is 0.414 e. The number of carbonyl (C=O) groups is 4. The van der Waals surface area contributed by atoms with Crippen LogP contribution in [0.1, 0.15) is 36.7 Å². The lowest BCUT2D eigenvalue weighted by molar-refractivity contribution is -0.119. The standard InChI is InChI=1S/C30H29F2N5O8/c1-14-13-44-27-24-18(26(39)19(29(41)42)12-36(14)24)9-21(32)25(27)35-7-6-23(28(35)40)34(3)22-5-4-16(8-20(22)31)37-11-17(45-30(37)43)10-33-15(2)38/h4-5,8-9,12,14,17,23H,6-7,10-11,13H2,1-3H3,(H,33,38)(H,41,42)/t14?,17-,23?/m0/s1. The van der Waals surface area contributed by atoms with E-state index >= 15 is 8.78 Å². The molecule has 0 aliphatic carbocycles. The molecule has 2 N–H and O–H groups in total. The van der Waals surface area contributed by atoms with Crippen molar-refractivity contribution in [3.8, 4) is 5.75 Å². The number of rotatable bonds is 7. The molecule has 3 aromatic rings. The first-order valence-electron chi connectivity index (χ1n) is 14.2. The van der Waals surface area contributed by atoms with Gasteiger partial charge in [0, 0.05) is 26.7 Å². The van der Waals surface area contributed by atoms with E-state index < -0.39 is 52.7 Å². The summed E-state index contributed by atoms with van der Waals surface area (Å²) in [6, 6.07) is 3.76. The van der Waals surface area contributed by atoms with E-state index in [-0.39, 0.29) is 78.3 Å². The molecule has 6 rings (SSSR count). The predicted octanol–water partition coefficient (Wildman–Crippen LogP) is 2.63. The summed E-state index contributed by atoms with van der Waals surface area (Å²) in [5.41, 5.74) is -1.06. The van der Waals surface area contributed by atoms with Crippen molar-refractivity contribution in [2.24, 2.45) is 0 Å². The molecule has 2 saturated heterocycles. The van der Waals surface area contributed by atoms with E-state index in [1.54, 1.807) is 11.5 Å². The van der Waals surface area contributed by atoms with Gasteiger partial charge < -0.3 is 34.3 Å². The number of nitrogens with zero attached hydrogens (tertiary/aromatic N) is 4. The molecule has 45 heavy (non-hydrogen) atoms. The molecule has 0 radical (unpaired) electrons. The first-order valence-corrected chi connectivity index (χ1v) is 14.2. The largest absolute Gasteiger partial charge is 0.487 e. The molecule has 236 valence electrons. The minimum Gasteiger partial charge on any atom is -0.487 e. The summed E-state index contributed by atoms with van der Waals surface area (Å²) in [6.45, 7) is 3.43. The third-order valence-electron chi connectivity index (χ3n) is 8.36. The second-order valence-electron chi connectivity index (χ2n) is 11.3. The third-order valence-corrected chi connectivity index (χ3v) is 8.36. The van der Waals surface area contributed by atoms with E-state index in [1.165, 1.54) is 47.0 Å². The number of nitrogens with one attached hydrogen (secondary N) is 1. The molecular weight excluding hydrogens is 596 g/mol. The van der Waals surface area contributed by atoms with Gasteiger partial charge in [-0.05, 0) is 37.6 Å². The molecule has 4 heterocycles. The number of aromatic nitrogens is 1. The number of hydrogen-bond donors (Lipinski definition) is 2. The zero-order valence-electron chi connectivity index (χ0n) is 24.5. The molecule has 3 aliphatic rings. The highest BCUT2D eigenvalue weighted by atomic mass is 19.1. The number of carboxylic acid groups (broad SMARTS) is 1. The summed E-state index contributed by atoms with van der Waals surface area (Å²) in [5, 5.41) is 11.9. The fourth-order valence-corrected chi connectivity index (χ4v) is 6.08. The molecule has 0 saturated carbocycles. The van der Waals surface area contributed by atoms with Gasteiger partial charge in [0.05, 0.1) is 41.4 Å². The van der Waals surface area contributed by atoms with Crippen LogP contribution in [0.3, 0.4) is 0 Å². The lowest BCUT2D eigenvalue weighted by Gasteiger charge is -2.31. The number of benzene rings is 2. The van der Waals surface area contributed by atoms with E-state index in [0.717, 1.165) is 12.1 Å². The zero-order chi connectivity index (χ0) is 32.3. The average molecular weight is 626 g/mol. The molecule has 0 bridgehead atoms. The second kappa shape index (κ2) is 11.1. The number of amides is 3. The van der Waals surface area contributed by atoms with E-state index in [1.807, 2.05) is 0 Å². The molecule has 15 heteroatoms. The van der Waals surface area contributed by atoms with Crippen LogP contribution in [0, 0.1) is 11.6 Å². The summed E-state index contributed by atoms with van der Waals surface area (Å²) in [4.78, 5) is 65.8. The fraction of sp³-hybridized carbons (Fsp3) is 0.367. The number of aromatic carboxylic acids is 1. The van der Waals surface area contributed by atoms with Crippen LogP contribution < -0.4 is 30.2 Å². The number of pyridine rings is 1. The number of anilines is 3. The number of likely N-dealkylation sites (N-methyl/N-ethyl adjacent to an activating group) is 1. The summed E-state index contributed by atoms with van der Waals surface area (Å²) in [5.74, 6) is -3.93. The highest BCUT2D eigenvalue weighted by Crippen LogP contribution is 2.43. The van der Waals surface area contributed by atoms with Gasteiger partial charge in [-0.2, -0.15) is 0 Å². The number of carbonyl (C=O) groups excluding carboxylic acids is 3. The Morgan fingerprint density at radius 1 is 1.13 bits per heavy atom. The van der Waals surface area contributed by atoms with Gasteiger partial charge in [-0.3, -0.25) is 19.3 Å². The van der Waals surface area contributed by atoms with Crippen molar-refractivity contribution in [1.29, 1.82) is 0 Å². The van der Waals surface area contributed by atoms with Crippen LogP contribution in [0.4, 0.5) is 30.6 Å². The Kier molecular flexibility index (Phi) is 7.33. The Bertz CT molecular complexity index is 1850. The molecule has 2 aromatic carbocycles. The molecule has 0 spiro atoms. The minimum absolute atomic E-state index is 0.0429. The highest BCUT2D eigenvalue weighted by molar-refractivity contribution is 6.06. The second-order valence-corrected chi connectivity index (χ2v) is 11.3. The van der Waals surface area contributed by atoms with Crippen LogP contribution in [0.15, 0.2) is 35.3 Å². The van der Waals surface area contributed by atoms with Gasteiger partial charge >= 0.3 is 12.1 Å². The molecule has 2 unspecified atom stereocenters. The Morgan fingerprint density at radius 3 is 2.58 bits per heavy atom. The van der Waals surface area contributed by atoms with Crippen molar-refractivity contribution < 1.29 is 42.5 Å². The highest BCUT2D eigenvalue weighted by Gasteiger charge is 2.41. The lowest BCUT2D eigenvalue weighted by atomic mass is 10.1. The summed E-state index contributed by atoms with van der Waals surface area (Å²) in [6.07, 6.45) is 0.120. The molecule has 3 aliphatic heterocycles. The van der Waals surface area contributed by atoms with Crippen LogP contribution in [-0.4, -0.2) is 79.0 Å². The topological polar surface area (TPSA) is 151 Å². The average Bonchev–Trinajstić information content (AvgIpc) is 3.55. The van der Waals surface area contributed by atoms with Crippen LogP contribution in [0.2, 0.25) is 0 Å². The van der Waals surface area contributed by atoms with Gasteiger partial charge in [0.1, 0.15) is 35.8 Å². The van der Waals surface area contributed by atoms with Gasteiger partial charge in [-0.25, -0.2) is 18.4 Å². The van der Waals surface area contributed by atoms with E-state index in [2.05, 4.69) is 5.32 Å². The Hall–Kier alpha value is -5.21. The number of cyclic esters (lactones) is 1. The maximum atomic E-state index is 15.7. The van der Waals surface area contributed by atoms with Crippen molar-refractivity contribution in [3.05, 3.63) is 57.9 Å². The molecule has 2 fully saturated rings. The lowest BCUT2D eigenvalue weighted by Crippen LogP contribution is -2.40. The van der Waals surface area contributed by atoms with Crippen LogP contribution >= 0.6 is 0 Å². The fourth-order valence-electron chi connectivity index (χ4n) is 6.08. The Labute approximate surface area is 254 Å². The predicted molar refractivity (Wildman–Crippen MR) is 157 cm³/mol. The van der Waals surface area contributed by atoms with E-state index in [4.69, 9.17) is 9.47 Å². The van der Waals surface area contributed by atoms with Crippen molar-refractivity contribution in [2.45, 2.75) is 38.5 Å². The first kappa shape index (κ1) is 29.8. The Morgan fingerprint density at radius 2 is 1.89 bits per heavy atom. The summed E-state index contributed by atoms with van der Waals surface area (Å²) < 4.78 is 43.8. The molecule has 3 atom stereocenters. The van der Waals surface area contributed by atoms with Gasteiger partial charge in [0.2, 0.25) is 17.2 Å².